The predicted octanol–water partition coefficient (Wildman–Crippen LogP) is 2.26. The number of rotatable bonds is 3. The number of carbonyl (C=O) groups is 1. The minimum absolute atomic E-state index is 0.147. The summed E-state index contributed by atoms with van der Waals surface area (Å²) in [5.74, 6) is 0.543. The smallest absolute Gasteiger partial charge is 0.276 e. The average Bonchev–Trinajstić information content (AvgIpc) is 2.83. The van der Waals surface area contributed by atoms with Gasteiger partial charge in [0, 0.05) is 17.8 Å². The van der Waals surface area contributed by atoms with Gasteiger partial charge in [-0.05, 0) is 45.0 Å². The van der Waals surface area contributed by atoms with Crippen molar-refractivity contribution in [3.63, 3.8) is 0 Å². The van der Waals surface area contributed by atoms with Crippen LogP contribution in [0.5, 0.6) is 0 Å². The number of carbonyl (C=O) groups excluding carboxylic acids is 1. The summed E-state index contributed by atoms with van der Waals surface area (Å²) in [6, 6.07) is 8.54. The van der Waals surface area contributed by atoms with E-state index in [9.17, 15) is 9.59 Å². The van der Waals surface area contributed by atoms with Gasteiger partial charge in [0.1, 0.15) is 11.5 Å². The summed E-state index contributed by atoms with van der Waals surface area (Å²) < 4.78 is 2.14. The first kappa shape index (κ1) is 15.0. The lowest BCUT2D eigenvalue weighted by molar-refractivity contribution is 0.102. The summed E-state index contributed by atoms with van der Waals surface area (Å²) in [4.78, 5) is 27.6. The number of H-pyrrole nitrogens is 1. The van der Waals surface area contributed by atoms with Crippen molar-refractivity contribution in [2.45, 2.75) is 26.8 Å². The monoisotopic (exact) mass is 311 g/mol. The van der Waals surface area contributed by atoms with Gasteiger partial charge in [-0.1, -0.05) is 0 Å². The van der Waals surface area contributed by atoms with E-state index in [1.165, 1.54) is 12.1 Å². The number of nitrogens with zero attached hydrogens (tertiary/aromatic N) is 3. The van der Waals surface area contributed by atoms with Crippen LogP contribution in [0.4, 0.5) is 5.69 Å². The predicted molar refractivity (Wildman–Crippen MR) is 87.7 cm³/mol. The molecule has 7 heteroatoms. The molecule has 0 radical (unpaired) electrons. The molecule has 7 nitrogen and oxygen atoms in total. The lowest BCUT2D eigenvalue weighted by atomic mass is 10.2. The van der Waals surface area contributed by atoms with Gasteiger partial charge in [0.25, 0.3) is 11.5 Å². The number of aromatic nitrogens is 4. The molecule has 3 rings (SSSR count). The van der Waals surface area contributed by atoms with Gasteiger partial charge in [-0.3, -0.25) is 9.59 Å². The normalized spacial score (nSPS) is 11.1. The summed E-state index contributed by atoms with van der Waals surface area (Å²) in [5.41, 5.74) is 2.27. The first-order valence-electron chi connectivity index (χ1n) is 7.31. The molecule has 0 atom stereocenters. The molecule has 0 bridgehead atoms. The summed E-state index contributed by atoms with van der Waals surface area (Å²) in [7, 11) is 0. The van der Waals surface area contributed by atoms with Crippen LogP contribution in [0.2, 0.25) is 0 Å². The lowest BCUT2D eigenvalue weighted by Gasteiger charge is -2.11. The zero-order valence-corrected chi connectivity index (χ0v) is 13.1. The summed E-state index contributed by atoms with van der Waals surface area (Å²) >= 11 is 0. The molecule has 1 amide bonds. The largest absolute Gasteiger partial charge is 0.326 e. The molecule has 2 N–H and O–H groups in total. The Balaban J connectivity index is 1.90. The Hall–Kier alpha value is -2.96. The average molecular weight is 311 g/mol. The second-order valence-corrected chi connectivity index (χ2v) is 5.59. The van der Waals surface area contributed by atoms with E-state index in [0.29, 0.717) is 11.7 Å². The van der Waals surface area contributed by atoms with E-state index in [-0.39, 0.29) is 17.2 Å². The number of imidazole rings is 1. The first-order chi connectivity index (χ1) is 11.0. The molecule has 0 saturated carbocycles. The standard InChI is InChI=1S/C16H17N5O2/c1-9(2)21-10(3)17-13-8-11(4-6-14(13)21)18-16(23)12-5-7-15(22)20-19-12/h4-9H,1-3H3,(H,18,23)(H,20,22). The molecule has 0 aliphatic heterocycles. The fraction of sp³-hybridized carbons (Fsp3) is 0.250. The van der Waals surface area contributed by atoms with Crippen molar-refractivity contribution in [1.82, 2.24) is 19.7 Å². The molecule has 0 aliphatic rings. The number of fused-ring (bicyclic) bond motifs is 1. The van der Waals surface area contributed by atoms with Crippen LogP contribution in [0, 0.1) is 6.92 Å². The van der Waals surface area contributed by atoms with Crippen LogP contribution >= 0.6 is 0 Å². The molecule has 3 aromatic rings. The van der Waals surface area contributed by atoms with Gasteiger partial charge in [-0.15, -0.1) is 0 Å². The second-order valence-electron chi connectivity index (χ2n) is 5.59. The number of hydrogen-bond donors (Lipinski definition) is 2. The maximum Gasteiger partial charge on any atom is 0.276 e. The number of aryl methyl sites for hydroxylation is 1. The Labute approximate surface area is 132 Å². The van der Waals surface area contributed by atoms with Gasteiger partial charge in [0.2, 0.25) is 0 Å². The van der Waals surface area contributed by atoms with Crippen molar-refractivity contribution >= 4 is 22.6 Å². The summed E-state index contributed by atoms with van der Waals surface area (Å²) in [5, 5.41) is 8.70. The van der Waals surface area contributed by atoms with E-state index in [1.807, 2.05) is 25.1 Å². The van der Waals surface area contributed by atoms with Crippen LogP contribution in [-0.4, -0.2) is 25.7 Å². The molecule has 2 heterocycles. The number of hydrogen-bond acceptors (Lipinski definition) is 4. The summed E-state index contributed by atoms with van der Waals surface area (Å²) in [6.45, 7) is 6.17. The highest BCUT2D eigenvalue weighted by Gasteiger charge is 2.12. The molecule has 0 unspecified atom stereocenters. The molecular formula is C16H17N5O2. The third-order valence-corrected chi connectivity index (χ3v) is 3.55. The van der Waals surface area contributed by atoms with E-state index >= 15 is 0 Å². The van der Waals surface area contributed by atoms with Crippen LogP contribution in [0.25, 0.3) is 11.0 Å². The van der Waals surface area contributed by atoms with Crippen molar-refractivity contribution < 1.29 is 4.79 Å². The van der Waals surface area contributed by atoms with Gasteiger partial charge in [0.15, 0.2) is 0 Å². The number of benzene rings is 1. The number of anilines is 1. The van der Waals surface area contributed by atoms with Crippen LogP contribution in [0.1, 0.15) is 36.2 Å². The Morgan fingerprint density at radius 2 is 2.04 bits per heavy atom. The first-order valence-corrected chi connectivity index (χ1v) is 7.31. The van der Waals surface area contributed by atoms with Crippen LogP contribution in [-0.2, 0) is 0 Å². The molecule has 0 saturated heterocycles. The summed E-state index contributed by atoms with van der Waals surface area (Å²) in [6.07, 6.45) is 0. The van der Waals surface area contributed by atoms with Crippen molar-refractivity contribution in [2.75, 3.05) is 5.32 Å². The molecule has 1 aromatic carbocycles. The molecule has 2 aromatic heterocycles. The Morgan fingerprint density at radius 1 is 1.26 bits per heavy atom. The van der Waals surface area contributed by atoms with Gasteiger partial charge in [0.05, 0.1) is 11.0 Å². The van der Waals surface area contributed by atoms with Crippen molar-refractivity contribution in [3.8, 4) is 0 Å². The molecule has 23 heavy (non-hydrogen) atoms. The number of aromatic amines is 1. The maximum atomic E-state index is 12.1. The Bertz CT molecular complexity index is 919. The van der Waals surface area contributed by atoms with E-state index in [2.05, 4.69) is 38.9 Å². The maximum absolute atomic E-state index is 12.1. The van der Waals surface area contributed by atoms with Crippen molar-refractivity contribution in [3.05, 3.63) is 52.2 Å². The number of nitrogens with one attached hydrogen (secondary N) is 2. The zero-order chi connectivity index (χ0) is 16.6. The van der Waals surface area contributed by atoms with Crippen molar-refractivity contribution in [1.29, 1.82) is 0 Å². The molecule has 118 valence electrons. The van der Waals surface area contributed by atoms with Gasteiger partial charge in [-0.2, -0.15) is 5.10 Å². The minimum Gasteiger partial charge on any atom is -0.326 e. The molecule has 0 aliphatic carbocycles. The van der Waals surface area contributed by atoms with E-state index in [0.717, 1.165) is 16.9 Å². The highest BCUT2D eigenvalue weighted by Crippen LogP contribution is 2.23. The van der Waals surface area contributed by atoms with Crippen LogP contribution in [0.3, 0.4) is 0 Å². The Kier molecular flexibility index (Phi) is 3.69. The molecular weight excluding hydrogens is 294 g/mol. The second kappa shape index (κ2) is 5.68. The van der Waals surface area contributed by atoms with Gasteiger partial charge < -0.3 is 9.88 Å². The molecule has 0 fully saturated rings. The third kappa shape index (κ3) is 2.85. The highest BCUT2D eigenvalue weighted by atomic mass is 16.2. The van der Waals surface area contributed by atoms with Crippen LogP contribution in [0.15, 0.2) is 35.1 Å². The van der Waals surface area contributed by atoms with Crippen LogP contribution < -0.4 is 10.9 Å². The fourth-order valence-corrected chi connectivity index (χ4v) is 2.61. The van der Waals surface area contributed by atoms with Gasteiger partial charge in [-0.25, -0.2) is 10.1 Å². The van der Waals surface area contributed by atoms with E-state index in [4.69, 9.17) is 0 Å². The van der Waals surface area contributed by atoms with Crippen molar-refractivity contribution in [2.24, 2.45) is 0 Å². The molecule has 0 spiro atoms. The van der Waals surface area contributed by atoms with E-state index in [1.54, 1.807) is 0 Å². The number of amides is 1. The quantitative estimate of drug-likeness (QED) is 0.776. The van der Waals surface area contributed by atoms with E-state index < -0.39 is 0 Å². The van der Waals surface area contributed by atoms with Gasteiger partial charge >= 0.3 is 0 Å². The SMILES string of the molecule is Cc1nc2cc(NC(=O)c3ccc(=O)[nH]n3)ccc2n1C(C)C. The zero-order valence-electron chi connectivity index (χ0n) is 13.1. The lowest BCUT2D eigenvalue weighted by Crippen LogP contribution is -2.17. The minimum atomic E-state index is -0.388. The highest BCUT2D eigenvalue weighted by molar-refractivity contribution is 6.03. The fourth-order valence-electron chi connectivity index (χ4n) is 2.61. The Morgan fingerprint density at radius 3 is 2.70 bits per heavy atom. The topological polar surface area (TPSA) is 92.7 Å². The third-order valence-electron chi connectivity index (χ3n) is 3.55.